The molecule has 166 valence electrons. The number of piperidine rings is 1. The number of phenolic OH excluding ortho intramolecular Hbond substituents is 1. The number of halogens is 1. The molecular formula is C24H26FN5O2. The number of ether oxygens (including phenoxy) is 1. The van der Waals surface area contributed by atoms with E-state index in [0.29, 0.717) is 35.4 Å². The highest BCUT2D eigenvalue weighted by atomic mass is 19.1. The van der Waals surface area contributed by atoms with Crippen LogP contribution in [-0.2, 0) is 4.74 Å². The van der Waals surface area contributed by atoms with E-state index in [2.05, 4.69) is 27.1 Å². The molecule has 5 rings (SSSR count). The number of rotatable bonds is 5. The van der Waals surface area contributed by atoms with Crippen molar-refractivity contribution in [2.75, 3.05) is 7.11 Å². The molecule has 4 heterocycles. The summed E-state index contributed by atoms with van der Waals surface area (Å²) in [6.07, 6.45) is 5.29. The van der Waals surface area contributed by atoms with Crippen LogP contribution < -0.4 is 5.32 Å². The monoisotopic (exact) mass is 435 g/mol. The molecule has 0 radical (unpaired) electrons. The normalized spacial score (nSPS) is 29.2. The Kier molecular flexibility index (Phi) is 5.06. The van der Waals surface area contributed by atoms with Gasteiger partial charge < -0.3 is 19.7 Å². The zero-order valence-corrected chi connectivity index (χ0v) is 18.1. The van der Waals surface area contributed by atoms with Gasteiger partial charge in [0.15, 0.2) is 0 Å². The molecule has 2 saturated heterocycles. The Morgan fingerprint density at radius 1 is 1.31 bits per heavy atom. The van der Waals surface area contributed by atoms with Gasteiger partial charge >= 0.3 is 0 Å². The number of nitrogens with zero attached hydrogens (tertiary/aromatic N) is 4. The van der Waals surface area contributed by atoms with E-state index in [1.807, 2.05) is 13.0 Å². The molecule has 0 spiro atoms. The second-order valence-electron chi connectivity index (χ2n) is 8.89. The third-order valence-corrected chi connectivity index (χ3v) is 6.86. The Balaban J connectivity index is 1.37. The molecule has 1 unspecified atom stereocenters. The molecule has 0 saturated carbocycles. The van der Waals surface area contributed by atoms with Gasteiger partial charge in [-0.1, -0.05) is 6.58 Å². The fourth-order valence-corrected chi connectivity index (χ4v) is 5.09. The first kappa shape index (κ1) is 20.8. The van der Waals surface area contributed by atoms with Gasteiger partial charge in [0, 0.05) is 43.1 Å². The Bertz CT molecular complexity index is 1130. The summed E-state index contributed by atoms with van der Waals surface area (Å²) in [6.45, 7) is 6.08. The van der Waals surface area contributed by atoms with Crippen LogP contribution in [0.15, 0.2) is 55.6 Å². The van der Waals surface area contributed by atoms with E-state index in [0.717, 1.165) is 5.69 Å². The van der Waals surface area contributed by atoms with Crippen LogP contribution in [0.3, 0.4) is 0 Å². The van der Waals surface area contributed by atoms with Gasteiger partial charge in [0.1, 0.15) is 11.9 Å². The van der Waals surface area contributed by atoms with Crippen LogP contribution in [-0.4, -0.2) is 55.8 Å². The van der Waals surface area contributed by atoms with Gasteiger partial charge in [-0.05, 0) is 49.6 Å². The van der Waals surface area contributed by atoms with Crippen molar-refractivity contribution in [3.63, 3.8) is 0 Å². The number of hydrogen-bond donors (Lipinski definition) is 2. The van der Waals surface area contributed by atoms with Gasteiger partial charge in [0.25, 0.3) is 0 Å². The summed E-state index contributed by atoms with van der Waals surface area (Å²) in [6, 6.07) is 8.98. The maximum absolute atomic E-state index is 15.5. The maximum Gasteiger partial charge on any atom is 0.127 e. The molecular weight excluding hydrogens is 409 g/mol. The molecule has 2 aliphatic rings. The Hall–Kier alpha value is -3.10. The zero-order chi connectivity index (χ0) is 22.5. The number of phenols is 1. The maximum atomic E-state index is 15.5. The van der Waals surface area contributed by atoms with Crippen molar-refractivity contribution in [3.8, 4) is 22.7 Å². The van der Waals surface area contributed by atoms with Crippen LogP contribution in [0, 0.1) is 5.92 Å². The molecule has 5 atom stereocenters. The molecule has 2 bridgehead atoms. The fraction of sp³-hybridized carbons (Fsp3) is 0.375. The number of benzene rings is 1. The minimum atomic E-state index is -1.09. The fourth-order valence-electron chi connectivity index (χ4n) is 5.09. The summed E-state index contributed by atoms with van der Waals surface area (Å²) < 4.78 is 22.8. The second kappa shape index (κ2) is 7.79. The van der Waals surface area contributed by atoms with Crippen LogP contribution in [0.1, 0.15) is 25.5 Å². The average molecular weight is 436 g/mol. The summed E-state index contributed by atoms with van der Waals surface area (Å²) in [5.74, 6) is -0.260. The molecule has 0 amide bonds. The summed E-state index contributed by atoms with van der Waals surface area (Å²) in [5, 5.41) is 22.5. The van der Waals surface area contributed by atoms with Crippen LogP contribution >= 0.6 is 0 Å². The predicted molar refractivity (Wildman–Crippen MR) is 119 cm³/mol. The van der Waals surface area contributed by atoms with Crippen molar-refractivity contribution in [3.05, 3.63) is 61.3 Å². The first-order valence-electron chi connectivity index (χ1n) is 10.7. The molecule has 0 aliphatic carbocycles. The number of imidazole rings is 1. The predicted octanol–water partition coefficient (Wildman–Crippen LogP) is 3.54. The second-order valence-corrected chi connectivity index (χ2v) is 8.89. The number of aromatic nitrogens is 4. The smallest absolute Gasteiger partial charge is 0.127 e. The third kappa shape index (κ3) is 3.40. The lowest BCUT2D eigenvalue weighted by molar-refractivity contribution is 0.0847. The number of alkyl halides is 1. The standard InChI is InChI=1S/C24H26FN5O2/c1-14(17-11-20-22(32-3)12-24(2,27-20)23(17)25)18-6-7-19(29-28-18)16-5-4-15(10-21(16)31)30-9-8-26-13-30/h4-10,13,17,20,22-23,27,31H,1,11-12H2,2-3H3/t17-,20?,22+,23-,24-/m0/s1. The van der Waals surface area contributed by atoms with Crippen molar-refractivity contribution >= 4 is 5.57 Å². The first-order chi connectivity index (χ1) is 15.4. The lowest BCUT2D eigenvalue weighted by Gasteiger charge is -2.40. The van der Waals surface area contributed by atoms with E-state index in [-0.39, 0.29) is 23.8 Å². The van der Waals surface area contributed by atoms with Crippen LogP contribution in [0.25, 0.3) is 22.5 Å². The minimum absolute atomic E-state index is 0.00206. The van der Waals surface area contributed by atoms with Crippen molar-refractivity contribution < 1.29 is 14.2 Å². The molecule has 8 heteroatoms. The molecule has 32 heavy (non-hydrogen) atoms. The number of methoxy groups -OCH3 is 1. The van der Waals surface area contributed by atoms with Gasteiger partial charge in [-0.2, -0.15) is 5.10 Å². The quantitative estimate of drug-likeness (QED) is 0.638. The Morgan fingerprint density at radius 3 is 2.81 bits per heavy atom. The summed E-state index contributed by atoms with van der Waals surface area (Å²) >= 11 is 0. The van der Waals surface area contributed by atoms with Crippen molar-refractivity contribution in [2.24, 2.45) is 5.92 Å². The van der Waals surface area contributed by atoms with Gasteiger partial charge in [0.2, 0.25) is 0 Å². The number of nitrogens with one attached hydrogen (secondary N) is 1. The molecule has 1 aromatic carbocycles. The molecule has 2 fully saturated rings. The molecule has 2 aliphatic heterocycles. The van der Waals surface area contributed by atoms with Crippen LogP contribution in [0.2, 0.25) is 0 Å². The van der Waals surface area contributed by atoms with Crippen LogP contribution in [0.4, 0.5) is 4.39 Å². The lowest BCUT2D eigenvalue weighted by atomic mass is 9.78. The highest BCUT2D eigenvalue weighted by Crippen LogP contribution is 2.45. The average Bonchev–Trinajstić information content (AvgIpc) is 3.43. The molecule has 2 N–H and O–H groups in total. The van der Waals surface area contributed by atoms with Gasteiger partial charge in [-0.15, -0.1) is 5.10 Å². The SMILES string of the molecule is C=C(c1ccc(-c2ccc(-n3ccnc3)cc2O)nn1)[C@@H]1CC2N[C@@](C)(C[C@H]2OC)[C@H]1F. The van der Waals surface area contributed by atoms with E-state index in [9.17, 15) is 5.11 Å². The third-order valence-electron chi connectivity index (χ3n) is 6.86. The Morgan fingerprint density at radius 2 is 2.16 bits per heavy atom. The summed E-state index contributed by atoms with van der Waals surface area (Å²) in [5.41, 5.74) is 2.47. The highest BCUT2D eigenvalue weighted by molar-refractivity contribution is 5.70. The number of hydrogen-bond acceptors (Lipinski definition) is 6. The molecule has 7 nitrogen and oxygen atoms in total. The van der Waals surface area contributed by atoms with Gasteiger partial charge in [-0.25, -0.2) is 9.37 Å². The molecule has 2 aromatic heterocycles. The Labute approximate surface area is 186 Å². The topological polar surface area (TPSA) is 85.1 Å². The van der Waals surface area contributed by atoms with Gasteiger partial charge in [-0.3, -0.25) is 0 Å². The van der Waals surface area contributed by atoms with E-state index in [1.54, 1.807) is 54.7 Å². The van der Waals surface area contributed by atoms with E-state index in [1.165, 1.54) is 0 Å². The minimum Gasteiger partial charge on any atom is -0.507 e. The summed E-state index contributed by atoms with van der Waals surface area (Å²) in [7, 11) is 1.68. The number of allylic oxidation sites excluding steroid dienone is 1. The van der Waals surface area contributed by atoms with E-state index in [4.69, 9.17) is 4.74 Å². The number of aromatic hydroxyl groups is 1. The number of fused-ring (bicyclic) bond motifs is 2. The first-order valence-corrected chi connectivity index (χ1v) is 10.7. The van der Waals surface area contributed by atoms with Crippen LogP contribution in [0.5, 0.6) is 5.75 Å². The summed E-state index contributed by atoms with van der Waals surface area (Å²) in [4.78, 5) is 4.02. The lowest BCUT2D eigenvalue weighted by Crippen LogP contribution is -2.56. The van der Waals surface area contributed by atoms with Crippen molar-refractivity contribution in [1.82, 2.24) is 25.1 Å². The zero-order valence-electron chi connectivity index (χ0n) is 18.1. The largest absolute Gasteiger partial charge is 0.507 e. The van der Waals surface area contributed by atoms with Gasteiger partial charge in [0.05, 0.1) is 35.0 Å². The van der Waals surface area contributed by atoms with E-state index >= 15 is 4.39 Å². The van der Waals surface area contributed by atoms with Crippen molar-refractivity contribution in [2.45, 2.75) is 43.6 Å². The highest BCUT2D eigenvalue weighted by Gasteiger charge is 2.55. The van der Waals surface area contributed by atoms with Crippen molar-refractivity contribution in [1.29, 1.82) is 0 Å². The van der Waals surface area contributed by atoms with E-state index < -0.39 is 11.7 Å². The molecule has 3 aromatic rings.